The molecule has 0 unspecified atom stereocenters. The predicted molar refractivity (Wildman–Crippen MR) is 181 cm³/mol. The van der Waals surface area contributed by atoms with Gasteiger partial charge in [-0.1, -0.05) is 207 Å². The molecular formula is C38H79N. The number of unbranched alkanes of at least 4 members (excludes halogenated alkanes) is 28. The Morgan fingerprint density at radius 2 is 0.513 bits per heavy atom. The minimum absolute atomic E-state index is 0.803. The highest BCUT2D eigenvalue weighted by Crippen LogP contribution is 2.15. The van der Waals surface area contributed by atoms with Crippen molar-refractivity contribution in [3.63, 3.8) is 0 Å². The van der Waals surface area contributed by atoms with E-state index in [1.54, 1.807) is 0 Å². The van der Waals surface area contributed by atoms with Crippen molar-refractivity contribution in [3.05, 3.63) is 0 Å². The van der Waals surface area contributed by atoms with Gasteiger partial charge in [0.25, 0.3) is 0 Å². The summed E-state index contributed by atoms with van der Waals surface area (Å²) in [6.07, 6.45) is 43.8. The lowest BCUT2D eigenvalue weighted by Crippen LogP contribution is -2.30. The Morgan fingerprint density at radius 3 is 0.718 bits per heavy atom. The minimum Gasteiger partial charge on any atom is -0.303 e. The maximum atomic E-state index is 2.79. The molecule has 0 bridgehead atoms. The molecule has 39 heavy (non-hydrogen) atoms. The number of rotatable bonds is 34. The van der Waals surface area contributed by atoms with Crippen LogP contribution in [0.3, 0.4) is 0 Å². The zero-order chi connectivity index (χ0) is 28.5. The molecule has 0 aliphatic heterocycles. The standard InChI is InChI=1S/C38H79N/c1-5-7-9-11-13-15-17-19-21-23-25-27-29-31-33-35-39(37-38(3)4)36-34-32-30-28-26-24-22-20-18-16-14-12-10-8-6-2/h38H,5-37H2,1-4H3. The van der Waals surface area contributed by atoms with Crippen molar-refractivity contribution in [2.75, 3.05) is 19.6 Å². The van der Waals surface area contributed by atoms with E-state index in [9.17, 15) is 0 Å². The molecule has 0 aliphatic carbocycles. The molecule has 0 radical (unpaired) electrons. The fourth-order valence-corrected chi connectivity index (χ4v) is 6.22. The van der Waals surface area contributed by atoms with Gasteiger partial charge in [-0.3, -0.25) is 0 Å². The third-order valence-corrected chi connectivity index (χ3v) is 8.78. The molecule has 0 N–H and O–H groups in total. The molecule has 0 aromatic carbocycles. The van der Waals surface area contributed by atoms with E-state index in [0.29, 0.717) is 0 Å². The minimum atomic E-state index is 0.803. The van der Waals surface area contributed by atoms with Gasteiger partial charge < -0.3 is 4.90 Å². The van der Waals surface area contributed by atoms with E-state index in [0.717, 1.165) is 5.92 Å². The van der Waals surface area contributed by atoms with Crippen LogP contribution in [0.1, 0.15) is 220 Å². The Balaban J connectivity index is 3.47. The topological polar surface area (TPSA) is 3.24 Å². The van der Waals surface area contributed by atoms with Crippen LogP contribution in [-0.2, 0) is 0 Å². The highest BCUT2D eigenvalue weighted by atomic mass is 15.1. The molecule has 0 amide bonds. The first-order chi connectivity index (χ1) is 19.2. The van der Waals surface area contributed by atoms with Crippen LogP contribution >= 0.6 is 0 Å². The molecule has 0 saturated carbocycles. The van der Waals surface area contributed by atoms with E-state index in [2.05, 4.69) is 32.6 Å². The van der Waals surface area contributed by atoms with Gasteiger partial charge in [-0.25, -0.2) is 0 Å². The largest absolute Gasteiger partial charge is 0.303 e. The number of hydrogen-bond donors (Lipinski definition) is 0. The van der Waals surface area contributed by atoms with Gasteiger partial charge in [0.2, 0.25) is 0 Å². The van der Waals surface area contributed by atoms with Gasteiger partial charge in [0.1, 0.15) is 0 Å². The Hall–Kier alpha value is -0.0400. The molecule has 236 valence electrons. The molecule has 0 rings (SSSR count). The Bertz CT molecular complexity index is 383. The molecule has 0 aliphatic rings. The van der Waals surface area contributed by atoms with Gasteiger partial charge in [0.05, 0.1) is 0 Å². The molecule has 0 aromatic rings. The highest BCUT2D eigenvalue weighted by Gasteiger charge is 2.07. The van der Waals surface area contributed by atoms with Gasteiger partial charge in [0, 0.05) is 6.54 Å². The molecule has 0 saturated heterocycles. The third-order valence-electron chi connectivity index (χ3n) is 8.78. The smallest absolute Gasteiger partial charge is 0.000438 e. The lowest BCUT2D eigenvalue weighted by Gasteiger charge is -2.24. The third kappa shape index (κ3) is 34.1. The monoisotopic (exact) mass is 550 g/mol. The predicted octanol–water partition coefficient (Wildman–Crippen LogP) is 13.7. The molecular weight excluding hydrogens is 470 g/mol. The van der Waals surface area contributed by atoms with Crippen molar-refractivity contribution < 1.29 is 0 Å². The summed E-state index contributed by atoms with van der Waals surface area (Å²) in [6, 6.07) is 0. The Morgan fingerprint density at radius 1 is 0.308 bits per heavy atom. The summed E-state index contributed by atoms with van der Waals surface area (Å²) in [6.45, 7) is 13.4. The summed E-state index contributed by atoms with van der Waals surface area (Å²) in [4.78, 5) is 2.79. The van der Waals surface area contributed by atoms with Crippen molar-refractivity contribution in [1.82, 2.24) is 4.90 Å². The molecule has 0 fully saturated rings. The van der Waals surface area contributed by atoms with E-state index in [-0.39, 0.29) is 0 Å². The summed E-state index contributed by atoms with van der Waals surface area (Å²) in [5.74, 6) is 0.803. The van der Waals surface area contributed by atoms with Gasteiger partial charge in [-0.05, 0) is 31.8 Å². The average Bonchev–Trinajstić information content (AvgIpc) is 2.92. The van der Waals surface area contributed by atoms with Crippen LogP contribution < -0.4 is 0 Å². The van der Waals surface area contributed by atoms with E-state index in [1.807, 2.05) is 0 Å². The first-order valence-corrected chi connectivity index (χ1v) is 18.9. The van der Waals surface area contributed by atoms with E-state index in [4.69, 9.17) is 0 Å². The highest BCUT2D eigenvalue weighted by molar-refractivity contribution is 4.62. The second kappa shape index (κ2) is 34.2. The van der Waals surface area contributed by atoms with Crippen molar-refractivity contribution in [1.29, 1.82) is 0 Å². The zero-order valence-corrected chi connectivity index (χ0v) is 28.4. The molecule has 1 nitrogen and oxygen atoms in total. The second-order valence-corrected chi connectivity index (χ2v) is 13.6. The zero-order valence-electron chi connectivity index (χ0n) is 28.4. The van der Waals surface area contributed by atoms with Crippen molar-refractivity contribution >= 4 is 0 Å². The van der Waals surface area contributed by atoms with Gasteiger partial charge in [0.15, 0.2) is 0 Å². The van der Waals surface area contributed by atoms with Crippen LogP contribution in [0.4, 0.5) is 0 Å². The first-order valence-electron chi connectivity index (χ1n) is 18.9. The van der Waals surface area contributed by atoms with Crippen molar-refractivity contribution in [2.45, 2.75) is 220 Å². The lowest BCUT2D eigenvalue weighted by molar-refractivity contribution is 0.233. The van der Waals surface area contributed by atoms with Crippen LogP contribution in [0.25, 0.3) is 0 Å². The molecule has 0 heterocycles. The molecule has 1 heteroatoms. The number of hydrogen-bond acceptors (Lipinski definition) is 1. The fraction of sp³-hybridized carbons (Fsp3) is 1.00. The van der Waals surface area contributed by atoms with Crippen LogP contribution in [0.2, 0.25) is 0 Å². The lowest BCUT2D eigenvalue weighted by atomic mass is 10.0. The fourth-order valence-electron chi connectivity index (χ4n) is 6.22. The van der Waals surface area contributed by atoms with E-state index < -0.39 is 0 Å². The van der Waals surface area contributed by atoms with E-state index in [1.165, 1.54) is 212 Å². The SMILES string of the molecule is CCCCCCCCCCCCCCCCCN(CCCCCCCCCCCCCCCCC)CC(C)C. The molecule has 0 atom stereocenters. The van der Waals surface area contributed by atoms with Crippen LogP contribution in [0.15, 0.2) is 0 Å². The Labute approximate surface area is 250 Å². The summed E-state index contributed by atoms with van der Waals surface area (Å²) >= 11 is 0. The maximum Gasteiger partial charge on any atom is 0.000438 e. The quantitative estimate of drug-likeness (QED) is 0.0721. The van der Waals surface area contributed by atoms with Gasteiger partial charge in [-0.15, -0.1) is 0 Å². The summed E-state index contributed by atoms with van der Waals surface area (Å²) in [5, 5.41) is 0. The van der Waals surface area contributed by atoms with Crippen molar-refractivity contribution in [2.24, 2.45) is 5.92 Å². The molecule has 0 aromatic heterocycles. The maximum absolute atomic E-state index is 2.79. The van der Waals surface area contributed by atoms with E-state index >= 15 is 0 Å². The van der Waals surface area contributed by atoms with Crippen LogP contribution in [-0.4, -0.2) is 24.5 Å². The first kappa shape index (κ1) is 39.0. The Kier molecular flexibility index (Phi) is 34.1. The summed E-state index contributed by atoms with van der Waals surface area (Å²) in [5.41, 5.74) is 0. The normalized spacial score (nSPS) is 11.8. The second-order valence-electron chi connectivity index (χ2n) is 13.6. The average molecular weight is 550 g/mol. The summed E-state index contributed by atoms with van der Waals surface area (Å²) in [7, 11) is 0. The molecule has 0 spiro atoms. The van der Waals surface area contributed by atoms with Crippen molar-refractivity contribution in [3.8, 4) is 0 Å². The van der Waals surface area contributed by atoms with Crippen LogP contribution in [0.5, 0.6) is 0 Å². The van der Waals surface area contributed by atoms with Gasteiger partial charge in [-0.2, -0.15) is 0 Å². The van der Waals surface area contributed by atoms with Crippen LogP contribution in [0, 0.1) is 5.92 Å². The summed E-state index contributed by atoms with van der Waals surface area (Å²) < 4.78 is 0. The number of nitrogens with zero attached hydrogens (tertiary/aromatic N) is 1. The van der Waals surface area contributed by atoms with Gasteiger partial charge >= 0.3 is 0 Å².